The zero-order valence-electron chi connectivity index (χ0n) is 24.8. The number of hydrogen-bond acceptors (Lipinski definition) is 8. The van der Waals surface area contributed by atoms with E-state index in [1.54, 1.807) is 6.33 Å². The molecule has 2 fully saturated rings. The molecule has 0 aliphatic heterocycles. The van der Waals surface area contributed by atoms with Crippen molar-refractivity contribution in [3.63, 3.8) is 0 Å². The molecule has 3 aromatic heterocycles. The number of hydrogen-bond donors (Lipinski definition) is 4. The van der Waals surface area contributed by atoms with Crippen molar-refractivity contribution in [2.24, 2.45) is 11.8 Å². The predicted molar refractivity (Wildman–Crippen MR) is 160 cm³/mol. The molecule has 41 heavy (non-hydrogen) atoms. The molecular formula is C31H44N8O2. The van der Waals surface area contributed by atoms with Gasteiger partial charge in [0, 0.05) is 31.0 Å². The van der Waals surface area contributed by atoms with Crippen molar-refractivity contribution >= 4 is 28.0 Å². The van der Waals surface area contributed by atoms with Crippen LogP contribution in [0.4, 0.5) is 5.82 Å². The minimum Gasteiger partial charge on any atom is -0.390 e. The third-order valence-electron chi connectivity index (χ3n) is 9.49. The van der Waals surface area contributed by atoms with Crippen molar-refractivity contribution < 1.29 is 10.2 Å². The zero-order chi connectivity index (χ0) is 29.1. The van der Waals surface area contributed by atoms with Gasteiger partial charge in [0.05, 0.1) is 29.5 Å². The number of imidazole rings is 2. The number of anilines is 1. The van der Waals surface area contributed by atoms with Crippen LogP contribution in [-0.2, 0) is 11.8 Å². The SMILES string of the molecule is CC(C)N(CC1CC(n2cnc3c(N)ncnc32)C(O)C1O)C1CC(CCc2nc3ccc(C(C)(C)C)cc3[nH]2)C1. The Kier molecular flexibility index (Phi) is 7.28. The molecule has 10 nitrogen and oxygen atoms in total. The van der Waals surface area contributed by atoms with E-state index in [1.165, 1.54) is 11.9 Å². The van der Waals surface area contributed by atoms with Gasteiger partial charge < -0.3 is 25.5 Å². The van der Waals surface area contributed by atoms with Crippen LogP contribution >= 0.6 is 0 Å². The maximum atomic E-state index is 11.1. The average molecular weight is 561 g/mol. The summed E-state index contributed by atoms with van der Waals surface area (Å²) in [6.07, 6.45) is 6.42. The van der Waals surface area contributed by atoms with Gasteiger partial charge in [-0.2, -0.15) is 0 Å². The van der Waals surface area contributed by atoms with E-state index >= 15 is 0 Å². The Morgan fingerprint density at radius 2 is 1.88 bits per heavy atom. The quantitative estimate of drug-likeness (QED) is 0.253. The molecule has 1 aromatic carbocycles. The van der Waals surface area contributed by atoms with Gasteiger partial charge in [0.2, 0.25) is 0 Å². The third kappa shape index (κ3) is 5.33. The summed E-state index contributed by atoms with van der Waals surface area (Å²) in [7, 11) is 0. The Morgan fingerprint density at radius 3 is 2.61 bits per heavy atom. The molecule has 0 radical (unpaired) electrons. The van der Waals surface area contributed by atoms with Gasteiger partial charge in [-0.05, 0) is 68.6 Å². The number of H-pyrrole nitrogens is 1. The first-order chi connectivity index (χ1) is 19.5. The Morgan fingerprint density at radius 1 is 1.10 bits per heavy atom. The van der Waals surface area contributed by atoms with E-state index in [2.05, 4.69) is 77.7 Å². The molecule has 4 unspecified atom stereocenters. The number of rotatable bonds is 8. The van der Waals surface area contributed by atoms with Crippen LogP contribution in [0.25, 0.3) is 22.2 Å². The molecule has 2 aliphatic carbocycles. The molecule has 0 spiro atoms. The van der Waals surface area contributed by atoms with Crippen LogP contribution in [0.2, 0.25) is 0 Å². The van der Waals surface area contributed by atoms with Gasteiger partial charge in [-0.3, -0.25) is 4.90 Å². The molecule has 5 N–H and O–H groups in total. The molecule has 2 saturated carbocycles. The first-order valence-corrected chi connectivity index (χ1v) is 15.0. The molecule has 4 aromatic rings. The summed E-state index contributed by atoms with van der Waals surface area (Å²) in [4.78, 5) is 23.7. The molecule has 3 heterocycles. The van der Waals surface area contributed by atoms with Crippen molar-refractivity contribution in [2.75, 3.05) is 12.3 Å². The minimum atomic E-state index is -0.889. The highest BCUT2D eigenvalue weighted by Crippen LogP contribution is 2.41. The van der Waals surface area contributed by atoms with Crippen LogP contribution in [0.1, 0.15) is 77.7 Å². The van der Waals surface area contributed by atoms with E-state index < -0.39 is 12.2 Å². The van der Waals surface area contributed by atoms with Crippen molar-refractivity contribution in [2.45, 2.75) is 102 Å². The summed E-state index contributed by atoms with van der Waals surface area (Å²) >= 11 is 0. The van der Waals surface area contributed by atoms with Crippen LogP contribution < -0.4 is 5.73 Å². The van der Waals surface area contributed by atoms with E-state index in [0.29, 0.717) is 41.4 Å². The van der Waals surface area contributed by atoms with Crippen LogP contribution in [0.3, 0.4) is 0 Å². The van der Waals surface area contributed by atoms with E-state index in [1.807, 2.05) is 4.57 Å². The smallest absolute Gasteiger partial charge is 0.165 e. The topological polar surface area (TPSA) is 142 Å². The maximum Gasteiger partial charge on any atom is 0.165 e. The second-order valence-electron chi connectivity index (χ2n) is 13.6. The summed E-state index contributed by atoms with van der Waals surface area (Å²) in [5.74, 6) is 2.03. The summed E-state index contributed by atoms with van der Waals surface area (Å²) in [6.45, 7) is 11.9. The maximum absolute atomic E-state index is 11.1. The van der Waals surface area contributed by atoms with E-state index in [4.69, 9.17) is 10.7 Å². The molecule has 4 atom stereocenters. The normalized spacial score (nSPS) is 27.0. The fourth-order valence-electron chi connectivity index (χ4n) is 6.92. The number of aliphatic hydroxyl groups is 2. The first-order valence-electron chi connectivity index (χ1n) is 15.0. The van der Waals surface area contributed by atoms with Crippen LogP contribution in [0.5, 0.6) is 0 Å². The van der Waals surface area contributed by atoms with Gasteiger partial charge in [-0.25, -0.2) is 19.9 Å². The number of nitrogens with zero attached hydrogens (tertiary/aromatic N) is 6. The summed E-state index contributed by atoms with van der Waals surface area (Å²) in [6, 6.07) is 7.11. The molecule has 2 aliphatic rings. The predicted octanol–water partition coefficient (Wildman–Crippen LogP) is 3.99. The van der Waals surface area contributed by atoms with E-state index in [-0.39, 0.29) is 17.4 Å². The number of nitrogens with one attached hydrogen (secondary N) is 1. The number of nitrogens with two attached hydrogens (primary N) is 1. The Bertz CT molecular complexity index is 1520. The molecule has 6 rings (SSSR count). The lowest BCUT2D eigenvalue weighted by Gasteiger charge is -2.46. The standard InChI is InChI=1S/C31H44N8O2/c1-17(2)38(14-19-12-24(28(41)27(19)40)39-16-35-26-29(32)33-15-34-30(26)39)21-10-18(11-21)6-9-25-36-22-8-7-20(31(3,4)5)13-23(22)37-25/h7-8,13,15-19,21,24,27-28,40-41H,6,9-12,14H2,1-5H3,(H,36,37)(H2,32,33,34). The van der Waals surface area contributed by atoms with Crippen LogP contribution in [0, 0.1) is 11.8 Å². The number of aromatic nitrogens is 6. The number of aliphatic hydroxyl groups excluding tert-OH is 2. The second-order valence-corrected chi connectivity index (χ2v) is 13.6. The lowest BCUT2D eigenvalue weighted by atomic mass is 9.76. The minimum absolute atomic E-state index is 0.0402. The van der Waals surface area contributed by atoms with E-state index in [9.17, 15) is 10.2 Å². The molecule has 0 saturated heterocycles. The number of aromatic amines is 1. The zero-order valence-corrected chi connectivity index (χ0v) is 24.8. The molecule has 10 heteroatoms. The molecule has 220 valence electrons. The second kappa shape index (κ2) is 10.6. The van der Waals surface area contributed by atoms with Crippen molar-refractivity contribution in [3.8, 4) is 0 Å². The fraction of sp³-hybridized carbons (Fsp3) is 0.613. The average Bonchev–Trinajstić information content (AvgIpc) is 3.58. The lowest BCUT2D eigenvalue weighted by Crippen LogP contribution is -2.51. The van der Waals surface area contributed by atoms with Crippen molar-refractivity contribution in [1.82, 2.24) is 34.4 Å². The van der Waals surface area contributed by atoms with Gasteiger partial charge in [0.1, 0.15) is 23.8 Å². The van der Waals surface area contributed by atoms with E-state index in [0.717, 1.165) is 49.1 Å². The van der Waals surface area contributed by atoms with Crippen molar-refractivity contribution in [1.29, 1.82) is 0 Å². The number of fused-ring (bicyclic) bond motifs is 2. The van der Waals surface area contributed by atoms with Gasteiger partial charge in [0.15, 0.2) is 11.5 Å². The largest absolute Gasteiger partial charge is 0.390 e. The monoisotopic (exact) mass is 560 g/mol. The van der Waals surface area contributed by atoms with Gasteiger partial charge >= 0.3 is 0 Å². The van der Waals surface area contributed by atoms with Crippen LogP contribution in [-0.4, -0.2) is 75.4 Å². The third-order valence-corrected chi connectivity index (χ3v) is 9.49. The highest BCUT2D eigenvalue weighted by molar-refractivity contribution is 5.81. The Balaban J connectivity index is 1.06. The summed E-state index contributed by atoms with van der Waals surface area (Å²) in [5, 5.41) is 22.1. The summed E-state index contributed by atoms with van der Waals surface area (Å²) in [5.41, 5.74) is 10.7. The molecule has 0 amide bonds. The highest BCUT2D eigenvalue weighted by Gasteiger charge is 2.45. The summed E-state index contributed by atoms with van der Waals surface area (Å²) < 4.78 is 1.85. The lowest BCUT2D eigenvalue weighted by molar-refractivity contribution is -0.0180. The van der Waals surface area contributed by atoms with Crippen molar-refractivity contribution in [3.05, 3.63) is 42.2 Å². The first kappa shape index (κ1) is 28.1. The number of benzene rings is 1. The number of nitrogen functional groups attached to an aromatic ring is 1. The van der Waals surface area contributed by atoms with Gasteiger partial charge in [0.25, 0.3) is 0 Å². The van der Waals surface area contributed by atoms with Gasteiger partial charge in [-0.1, -0.05) is 26.8 Å². The highest BCUT2D eigenvalue weighted by atomic mass is 16.3. The Hall–Kier alpha value is -3.08. The molecular weight excluding hydrogens is 516 g/mol. The Labute approximate surface area is 241 Å². The van der Waals surface area contributed by atoms with Crippen LogP contribution in [0.15, 0.2) is 30.9 Å². The fourth-order valence-corrected chi connectivity index (χ4v) is 6.92. The number of aryl methyl sites for hydroxylation is 1. The molecule has 0 bridgehead atoms. The van der Waals surface area contributed by atoms with Gasteiger partial charge in [-0.15, -0.1) is 0 Å².